The van der Waals surface area contributed by atoms with E-state index in [4.69, 9.17) is 27.9 Å². The zero-order valence-electron chi connectivity index (χ0n) is 15.8. The van der Waals surface area contributed by atoms with Crippen molar-refractivity contribution in [2.45, 2.75) is 38.5 Å². The molecule has 0 bridgehead atoms. The zero-order chi connectivity index (χ0) is 19.8. The summed E-state index contributed by atoms with van der Waals surface area (Å²) in [6, 6.07) is 13.3. The number of amides is 1. The van der Waals surface area contributed by atoms with Gasteiger partial charge >= 0.3 is 0 Å². The van der Waals surface area contributed by atoms with Crippen molar-refractivity contribution in [3.63, 3.8) is 0 Å². The lowest BCUT2D eigenvalue weighted by atomic mass is 10.0. The van der Waals surface area contributed by atoms with Gasteiger partial charge in [0.2, 0.25) is 0 Å². The Bertz CT molecular complexity index is 768. The topological polar surface area (TPSA) is 38.3 Å². The largest absolute Gasteiger partial charge is 0.481 e. The Morgan fingerprint density at radius 1 is 1.15 bits per heavy atom. The van der Waals surface area contributed by atoms with Gasteiger partial charge in [-0.15, -0.1) is 0 Å². The van der Waals surface area contributed by atoms with Crippen LogP contribution < -0.4 is 10.1 Å². The normalized spacial score (nSPS) is 12.1. The highest BCUT2D eigenvalue weighted by atomic mass is 35.5. The van der Waals surface area contributed by atoms with Crippen molar-refractivity contribution in [1.82, 2.24) is 5.32 Å². The molecule has 0 aliphatic carbocycles. The molecule has 146 valence electrons. The summed E-state index contributed by atoms with van der Waals surface area (Å²) in [5.74, 6) is 2.56. The molecule has 0 aromatic heterocycles. The van der Waals surface area contributed by atoms with Crippen LogP contribution in [0.5, 0.6) is 5.75 Å². The molecule has 6 heteroatoms. The van der Waals surface area contributed by atoms with Gasteiger partial charge in [-0.1, -0.05) is 61.3 Å². The molecular formula is C21H25Cl2NO2S. The van der Waals surface area contributed by atoms with Crippen molar-refractivity contribution in [1.29, 1.82) is 0 Å². The average molecular weight is 426 g/mol. The molecule has 0 fully saturated rings. The van der Waals surface area contributed by atoms with Gasteiger partial charge < -0.3 is 10.1 Å². The summed E-state index contributed by atoms with van der Waals surface area (Å²) < 4.78 is 5.87. The van der Waals surface area contributed by atoms with Crippen molar-refractivity contribution >= 4 is 40.9 Å². The Hall–Kier alpha value is -1.36. The molecule has 0 saturated carbocycles. The third-order valence-corrected chi connectivity index (χ3v) is 5.63. The van der Waals surface area contributed by atoms with Gasteiger partial charge in [-0.05, 0) is 42.2 Å². The third kappa shape index (κ3) is 6.95. The van der Waals surface area contributed by atoms with Crippen LogP contribution in [-0.4, -0.2) is 24.3 Å². The molecule has 0 saturated heterocycles. The van der Waals surface area contributed by atoms with Crippen molar-refractivity contribution < 1.29 is 9.53 Å². The maximum atomic E-state index is 12.3. The summed E-state index contributed by atoms with van der Waals surface area (Å²) in [7, 11) is 0. The first-order valence-electron chi connectivity index (χ1n) is 8.93. The van der Waals surface area contributed by atoms with Crippen molar-refractivity contribution in [2.75, 3.05) is 12.3 Å². The van der Waals surface area contributed by atoms with Crippen molar-refractivity contribution in [2.24, 2.45) is 0 Å². The summed E-state index contributed by atoms with van der Waals surface area (Å²) in [5.41, 5.74) is 2.15. The lowest BCUT2D eigenvalue weighted by molar-refractivity contribution is -0.127. The number of hydrogen-bond acceptors (Lipinski definition) is 3. The van der Waals surface area contributed by atoms with E-state index in [2.05, 4.69) is 19.2 Å². The van der Waals surface area contributed by atoms with Crippen LogP contribution in [0.25, 0.3) is 0 Å². The van der Waals surface area contributed by atoms with Crippen LogP contribution in [-0.2, 0) is 10.5 Å². The Balaban J connectivity index is 1.74. The van der Waals surface area contributed by atoms with Crippen molar-refractivity contribution in [3.8, 4) is 5.75 Å². The molecule has 0 unspecified atom stereocenters. The second-order valence-electron chi connectivity index (χ2n) is 6.53. The highest BCUT2D eigenvalue weighted by Gasteiger charge is 2.16. The molecule has 1 amide bonds. The fraction of sp³-hybridized carbons (Fsp3) is 0.381. The fourth-order valence-corrected chi connectivity index (χ4v) is 3.94. The first kappa shape index (κ1) is 21.9. The molecule has 2 aromatic rings. The first-order chi connectivity index (χ1) is 12.9. The van der Waals surface area contributed by atoms with E-state index in [9.17, 15) is 4.79 Å². The van der Waals surface area contributed by atoms with E-state index in [1.165, 1.54) is 0 Å². The minimum Gasteiger partial charge on any atom is -0.481 e. The second-order valence-corrected chi connectivity index (χ2v) is 8.48. The maximum Gasteiger partial charge on any atom is 0.260 e. The molecule has 3 nitrogen and oxygen atoms in total. The minimum atomic E-state index is -0.541. The molecule has 0 aliphatic heterocycles. The standard InChI is InChI=1S/C21H25Cl2NO2S/c1-14(2)18-6-4-5-7-20(18)26-15(3)21(25)24-10-11-27-13-16-8-9-17(22)12-19(16)23/h4-9,12,14-15H,10-11,13H2,1-3H3,(H,24,25)/t15-/m1/s1. The zero-order valence-corrected chi connectivity index (χ0v) is 18.1. The van der Waals surface area contributed by atoms with Gasteiger partial charge in [0.05, 0.1) is 0 Å². The van der Waals surface area contributed by atoms with Gasteiger partial charge in [0.15, 0.2) is 6.10 Å². The van der Waals surface area contributed by atoms with Gasteiger partial charge in [-0.2, -0.15) is 11.8 Å². The maximum absolute atomic E-state index is 12.3. The monoisotopic (exact) mass is 425 g/mol. The lowest BCUT2D eigenvalue weighted by Crippen LogP contribution is -2.37. The quantitative estimate of drug-likeness (QED) is 0.505. The summed E-state index contributed by atoms with van der Waals surface area (Å²) in [4.78, 5) is 12.3. The summed E-state index contributed by atoms with van der Waals surface area (Å²) >= 11 is 13.8. The van der Waals surface area contributed by atoms with Crippen molar-refractivity contribution in [3.05, 3.63) is 63.6 Å². The van der Waals surface area contributed by atoms with Crippen LogP contribution in [0, 0.1) is 0 Å². The number of carbonyl (C=O) groups is 1. The Kier molecular flexibility index (Phi) is 8.81. The Morgan fingerprint density at radius 3 is 2.59 bits per heavy atom. The van der Waals surface area contributed by atoms with Gasteiger partial charge in [0, 0.05) is 28.1 Å². The van der Waals surface area contributed by atoms with Crippen LogP contribution in [0.1, 0.15) is 37.8 Å². The minimum absolute atomic E-state index is 0.112. The highest BCUT2D eigenvalue weighted by molar-refractivity contribution is 7.98. The first-order valence-corrected chi connectivity index (χ1v) is 10.8. The number of para-hydroxylation sites is 1. The predicted octanol–water partition coefficient (Wildman–Crippen LogP) is 5.93. The van der Waals surface area contributed by atoms with E-state index < -0.39 is 6.10 Å². The number of benzene rings is 2. The molecular weight excluding hydrogens is 401 g/mol. The van der Waals surface area contributed by atoms with E-state index in [-0.39, 0.29) is 5.91 Å². The molecule has 0 heterocycles. The van der Waals surface area contributed by atoms with E-state index >= 15 is 0 Å². The van der Waals surface area contributed by atoms with Crippen LogP contribution >= 0.6 is 35.0 Å². The summed E-state index contributed by atoms with van der Waals surface area (Å²) in [5, 5.41) is 4.23. The van der Waals surface area contributed by atoms with Gasteiger partial charge in [0.25, 0.3) is 5.91 Å². The smallest absolute Gasteiger partial charge is 0.260 e. The third-order valence-electron chi connectivity index (χ3n) is 4.03. The van der Waals surface area contributed by atoms with Gasteiger partial charge in [0.1, 0.15) is 5.75 Å². The molecule has 0 radical (unpaired) electrons. The number of rotatable bonds is 9. The van der Waals surface area contributed by atoms with E-state index in [1.807, 2.05) is 36.4 Å². The number of nitrogens with one attached hydrogen (secondary N) is 1. The van der Waals surface area contributed by atoms with Gasteiger partial charge in [-0.3, -0.25) is 4.79 Å². The van der Waals surface area contributed by atoms with E-state index in [0.717, 1.165) is 28.4 Å². The molecule has 27 heavy (non-hydrogen) atoms. The summed E-state index contributed by atoms with van der Waals surface area (Å²) in [6.07, 6.45) is -0.541. The molecule has 2 rings (SSSR count). The summed E-state index contributed by atoms with van der Waals surface area (Å²) in [6.45, 7) is 6.56. The van der Waals surface area contributed by atoms with Crippen LogP contribution in [0.3, 0.4) is 0 Å². The van der Waals surface area contributed by atoms with Crippen LogP contribution in [0.4, 0.5) is 0 Å². The number of ether oxygens (including phenoxy) is 1. The second kappa shape index (κ2) is 10.8. The van der Waals surface area contributed by atoms with E-state index in [1.54, 1.807) is 24.8 Å². The number of thioether (sulfide) groups is 1. The molecule has 0 spiro atoms. The number of hydrogen-bond donors (Lipinski definition) is 1. The Labute approximate surface area is 175 Å². The fourth-order valence-electron chi connectivity index (χ4n) is 2.52. The number of halogens is 2. The highest BCUT2D eigenvalue weighted by Crippen LogP contribution is 2.27. The van der Waals surface area contributed by atoms with E-state index in [0.29, 0.717) is 22.5 Å². The predicted molar refractivity (Wildman–Crippen MR) is 116 cm³/mol. The lowest BCUT2D eigenvalue weighted by Gasteiger charge is -2.18. The average Bonchev–Trinajstić information content (AvgIpc) is 2.63. The van der Waals surface area contributed by atoms with Crippen LogP contribution in [0.2, 0.25) is 10.0 Å². The van der Waals surface area contributed by atoms with Gasteiger partial charge in [-0.25, -0.2) is 0 Å². The molecule has 1 N–H and O–H groups in total. The Morgan fingerprint density at radius 2 is 1.89 bits per heavy atom. The molecule has 0 aliphatic rings. The number of carbonyl (C=O) groups excluding carboxylic acids is 1. The molecule has 2 aromatic carbocycles. The van der Waals surface area contributed by atoms with Crippen LogP contribution in [0.15, 0.2) is 42.5 Å². The molecule has 1 atom stereocenters. The SMILES string of the molecule is CC(C)c1ccccc1O[C@H](C)C(=O)NCCSCc1ccc(Cl)cc1Cl.